The van der Waals surface area contributed by atoms with E-state index < -0.39 is 23.5 Å². The lowest BCUT2D eigenvalue weighted by Crippen LogP contribution is -2.28. The fourth-order valence-corrected chi connectivity index (χ4v) is 4.33. The number of pyridine rings is 1. The monoisotopic (exact) mass is 480 g/mol. The Hall–Kier alpha value is -4.14. The molecular weight excluding hydrogens is 461 g/mol. The van der Waals surface area contributed by atoms with Crippen molar-refractivity contribution in [2.24, 2.45) is 0 Å². The highest BCUT2D eigenvalue weighted by atomic mass is 19.4. The van der Waals surface area contributed by atoms with Crippen LogP contribution in [-0.4, -0.2) is 34.7 Å². The summed E-state index contributed by atoms with van der Waals surface area (Å²) < 4.78 is 40.1. The van der Waals surface area contributed by atoms with Gasteiger partial charge < -0.3 is 4.98 Å². The number of aromatic nitrogens is 7. The predicted octanol–water partition coefficient (Wildman–Crippen LogP) is 3.77. The summed E-state index contributed by atoms with van der Waals surface area (Å²) in [6.07, 6.45) is -0.142. The van der Waals surface area contributed by atoms with Crippen LogP contribution in [0.15, 0.2) is 35.4 Å². The maximum absolute atomic E-state index is 13.0. The molecule has 1 N–H and O–H groups in total. The number of hydrogen-bond donors (Lipinski definition) is 1. The Morgan fingerprint density at radius 1 is 1.17 bits per heavy atom. The van der Waals surface area contributed by atoms with E-state index in [4.69, 9.17) is 0 Å². The van der Waals surface area contributed by atoms with Gasteiger partial charge in [0.15, 0.2) is 11.3 Å². The van der Waals surface area contributed by atoms with E-state index in [9.17, 15) is 23.2 Å². The van der Waals surface area contributed by atoms with Gasteiger partial charge in [-0.3, -0.25) is 9.78 Å². The third-order valence-corrected chi connectivity index (χ3v) is 6.38. The number of rotatable bonds is 4. The van der Waals surface area contributed by atoms with Gasteiger partial charge in [-0.25, -0.2) is 19.6 Å². The van der Waals surface area contributed by atoms with Gasteiger partial charge in [-0.15, -0.1) is 0 Å². The number of aryl methyl sites for hydroxylation is 1. The van der Waals surface area contributed by atoms with Gasteiger partial charge in [-0.05, 0) is 44.4 Å². The molecule has 0 spiro atoms. The molecule has 4 aromatic rings. The summed E-state index contributed by atoms with van der Waals surface area (Å²) in [6.45, 7) is 3.57. The Morgan fingerprint density at radius 3 is 2.54 bits per heavy atom. The van der Waals surface area contributed by atoms with E-state index in [1.165, 1.54) is 10.7 Å². The molecule has 0 saturated heterocycles. The minimum absolute atomic E-state index is 0.0150. The highest BCUT2D eigenvalue weighted by Crippen LogP contribution is 2.46. The van der Waals surface area contributed by atoms with Crippen molar-refractivity contribution in [1.29, 1.82) is 5.26 Å². The van der Waals surface area contributed by atoms with Crippen molar-refractivity contribution in [3.8, 4) is 6.07 Å². The molecule has 5 rings (SSSR count). The highest BCUT2D eigenvalue weighted by molar-refractivity contribution is 5.80. The Labute approximate surface area is 196 Å². The van der Waals surface area contributed by atoms with Crippen LogP contribution in [-0.2, 0) is 6.18 Å². The SMILES string of the molecule is Cc1ccnc([C@H]2CC[C@@H]2c2nc3c(c(C#N)nn3C(C)c3ccc(C(F)(F)F)nc3)c(=O)[nH]2)n1. The molecule has 1 aliphatic carbocycles. The van der Waals surface area contributed by atoms with Gasteiger partial charge in [0.25, 0.3) is 5.56 Å². The summed E-state index contributed by atoms with van der Waals surface area (Å²) in [6, 6.07) is 5.27. The minimum atomic E-state index is -4.56. The zero-order valence-electron chi connectivity index (χ0n) is 18.7. The molecule has 12 heteroatoms. The molecule has 0 radical (unpaired) electrons. The van der Waals surface area contributed by atoms with Crippen molar-refractivity contribution in [2.75, 3.05) is 0 Å². The van der Waals surface area contributed by atoms with Crippen LogP contribution in [0.5, 0.6) is 0 Å². The molecule has 1 unspecified atom stereocenters. The molecule has 0 aromatic carbocycles. The van der Waals surface area contributed by atoms with E-state index in [0.29, 0.717) is 17.2 Å². The van der Waals surface area contributed by atoms with Crippen molar-refractivity contribution >= 4 is 11.0 Å². The normalized spacial score (nSPS) is 18.7. The second kappa shape index (κ2) is 8.26. The van der Waals surface area contributed by atoms with Crippen molar-refractivity contribution in [2.45, 2.75) is 50.7 Å². The van der Waals surface area contributed by atoms with Gasteiger partial charge in [0.2, 0.25) is 0 Å². The van der Waals surface area contributed by atoms with E-state index in [1.54, 1.807) is 13.1 Å². The smallest absolute Gasteiger partial charge is 0.310 e. The largest absolute Gasteiger partial charge is 0.433 e. The first kappa shape index (κ1) is 22.6. The molecule has 1 aliphatic rings. The van der Waals surface area contributed by atoms with E-state index in [0.717, 1.165) is 30.8 Å². The summed E-state index contributed by atoms with van der Waals surface area (Å²) in [5.74, 6) is 0.983. The lowest BCUT2D eigenvalue weighted by molar-refractivity contribution is -0.141. The van der Waals surface area contributed by atoms with Crippen molar-refractivity contribution in [1.82, 2.24) is 34.7 Å². The average Bonchev–Trinajstić information content (AvgIpc) is 3.17. The maximum atomic E-state index is 13.0. The second-order valence-electron chi connectivity index (χ2n) is 8.55. The molecule has 0 amide bonds. The van der Waals surface area contributed by atoms with E-state index in [2.05, 4.69) is 30.0 Å². The Bertz CT molecular complexity index is 1520. The maximum Gasteiger partial charge on any atom is 0.433 e. The first-order valence-corrected chi connectivity index (χ1v) is 10.9. The number of nitrogens with zero attached hydrogens (tertiary/aromatic N) is 7. The van der Waals surface area contributed by atoms with Crippen LogP contribution in [0.3, 0.4) is 0 Å². The predicted molar refractivity (Wildman–Crippen MR) is 117 cm³/mol. The Kier molecular flexibility index (Phi) is 5.35. The molecule has 0 aliphatic heterocycles. The summed E-state index contributed by atoms with van der Waals surface area (Å²) in [5, 5.41) is 13.8. The molecule has 1 saturated carbocycles. The summed E-state index contributed by atoms with van der Waals surface area (Å²) in [4.78, 5) is 32.8. The first-order valence-electron chi connectivity index (χ1n) is 10.9. The molecule has 4 aromatic heterocycles. The Morgan fingerprint density at radius 2 is 1.94 bits per heavy atom. The number of hydrogen-bond acceptors (Lipinski definition) is 7. The molecule has 4 heterocycles. The average molecular weight is 480 g/mol. The number of halogens is 3. The molecular formula is C23H19F3N8O. The zero-order valence-corrected chi connectivity index (χ0v) is 18.7. The molecule has 178 valence electrons. The lowest BCUT2D eigenvalue weighted by Gasteiger charge is -2.34. The van der Waals surface area contributed by atoms with Crippen molar-refractivity contribution in [3.63, 3.8) is 0 Å². The third-order valence-electron chi connectivity index (χ3n) is 6.38. The van der Waals surface area contributed by atoms with Crippen LogP contribution in [0.25, 0.3) is 11.0 Å². The minimum Gasteiger partial charge on any atom is -0.310 e. The van der Waals surface area contributed by atoms with E-state index in [1.807, 2.05) is 19.1 Å². The van der Waals surface area contributed by atoms with E-state index in [-0.39, 0.29) is 28.6 Å². The van der Waals surface area contributed by atoms with Crippen LogP contribution in [0.1, 0.15) is 71.9 Å². The molecule has 3 atom stereocenters. The van der Waals surface area contributed by atoms with Crippen LogP contribution in [0.4, 0.5) is 13.2 Å². The topological polar surface area (TPSA) is 126 Å². The van der Waals surface area contributed by atoms with Gasteiger partial charge in [0.1, 0.15) is 28.8 Å². The van der Waals surface area contributed by atoms with Crippen LogP contribution >= 0.6 is 0 Å². The standard InChI is InChI=1S/C23H19F3N8O/c1-11-7-8-28-19(30-11)14-4-5-15(14)20-31-21-18(22(35)32-20)16(9-27)33-34(21)12(2)13-3-6-17(29-10-13)23(24,25)26/h3,6-8,10,12,14-15H,4-5H2,1-2H3,(H,31,32,35)/t12?,14-,15-/m0/s1. The van der Waals surface area contributed by atoms with Gasteiger partial charge in [0.05, 0.1) is 6.04 Å². The molecule has 1 fully saturated rings. The number of aromatic amines is 1. The number of H-pyrrole nitrogens is 1. The summed E-state index contributed by atoms with van der Waals surface area (Å²) in [5.41, 5.74) is -0.176. The quantitative estimate of drug-likeness (QED) is 0.471. The summed E-state index contributed by atoms with van der Waals surface area (Å²) >= 11 is 0. The number of nitrogens with one attached hydrogen (secondary N) is 1. The fourth-order valence-electron chi connectivity index (χ4n) is 4.33. The highest BCUT2D eigenvalue weighted by Gasteiger charge is 2.38. The van der Waals surface area contributed by atoms with Crippen LogP contribution in [0.2, 0.25) is 0 Å². The van der Waals surface area contributed by atoms with Crippen molar-refractivity contribution in [3.05, 3.63) is 75.2 Å². The Balaban J connectivity index is 1.57. The molecule has 0 bridgehead atoms. The van der Waals surface area contributed by atoms with E-state index >= 15 is 0 Å². The van der Waals surface area contributed by atoms with Gasteiger partial charge in [0, 0.05) is 29.9 Å². The third kappa shape index (κ3) is 3.92. The number of nitriles is 1. The lowest BCUT2D eigenvalue weighted by atomic mass is 9.72. The van der Waals surface area contributed by atoms with Gasteiger partial charge in [-0.1, -0.05) is 6.07 Å². The molecule has 35 heavy (non-hydrogen) atoms. The molecule has 9 nitrogen and oxygen atoms in total. The van der Waals surface area contributed by atoms with Gasteiger partial charge >= 0.3 is 6.18 Å². The fraction of sp³-hybridized carbons (Fsp3) is 0.348. The van der Waals surface area contributed by atoms with Crippen LogP contribution in [0, 0.1) is 18.3 Å². The van der Waals surface area contributed by atoms with Gasteiger partial charge in [-0.2, -0.15) is 23.5 Å². The second-order valence-corrected chi connectivity index (χ2v) is 8.55. The number of alkyl halides is 3. The van der Waals surface area contributed by atoms with Crippen LogP contribution < -0.4 is 5.56 Å². The summed E-state index contributed by atoms with van der Waals surface area (Å²) in [7, 11) is 0. The van der Waals surface area contributed by atoms with Crippen molar-refractivity contribution < 1.29 is 13.2 Å². The first-order chi connectivity index (χ1) is 16.7. The number of fused-ring (bicyclic) bond motifs is 1. The zero-order chi connectivity index (χ0) is 24.9.